The average molecular weight is 1810 g/mol. The first-order chi connectivity index (χ1) is 59.8. The van der Waals surface area contributed by atoms with Gasteiger partial charge in [-0.2, -0.15) is 0 Å². The Bertz CT molecular complexity index is 3500. The molecule has 0 saturated heterocycles. The van der Waals surface area contributed by atoms with Crippen molar-refractivity contribution < 1.29 is 57.5 Å². The SMILES string of the molecule is CCN(CC)CCCN(C)C(=O)[C@@H]1CCCC[C@@H]1C(=O)C(C)(C)C.CCN(CC)CCN(C)C(=O)[C@H]1CCCC[C@H]1C(=O)C(C)(C)C.CN(C)CCCN(C)C(=O)[C@@H]1CCCC[C@@H]1C(=O)C(C)(C)C.CN(C)CCN(C)C(=O)Cc1ccccc1C(=O)C(C)(C)C.CN(CCN)C(=O)[C@@H]1CCCC[C@@H]1C(=O)C(C)(C)C.CN(CCN)C(=O)[C@H]1CCCC[C@H]1C(=O)C(C)(C)C. The van der Waals surface area contributed by atoms with Crippen LogP contribution in [0.3, 0.4) is 0 Å². The van der Waals surface area contributed by atoms with Crippen molar-refractivity contribution in [2.75, 3.05) is 175 Å². The molecule has 0 unspecified atom stereocenters. The van der Waals surface area contributed by atoms with Crippen molar-refractivity contribution >= 4 is 70.1 Å². The largest absolute Gasteiger partial charge is 0.345 e. The van der Waals surface area contributed by atoms with Gasteiger partial charge in [-0.3, -0.25) is 57.5 Å². The molecule has 1 aromatic rings. The summed E-state index contributed by atoms with van der Waals surface area (Å²) in [6.45, 7) is 56.6. The van der Waals surface area contributed by atoms with Crippen LogP contribution in [-0.4, -0.2) is 294 Å². The lowest BCUT2D eigenvalue weighted by molar-refractivity contribution is -0.144. The van der Waals surface area contributed by atoms with Crippen LogP contribution in [0.25, 0.3) is 0 Å². The van der Waals surface area contributed by atoms with Gasteiger partial charge < -0.3 is 60.5 Å². The van der Waals surface area contributed by atoms with E-state index in [0.29, 0.717) is 38.3 Å². The van der Waals surface area contributed by atoms with Crippen molar-refractivity contribution in [1.82, 2.24) is 49.0 Å². The summed E-state index contributed by atoms with van der Waals surface area (Å²) in [6, 6.07) is 7.41. The lowest BCUT2D eigenvalue weighted by Gasteiger charge is -2.36. The first-order valence-corrected chi connectivity index (χ1v) is 49.8. The maximum absolute atomic E-state index is 12.9. The lowest BCUT2D eigenvalue weighted by atomic mass is 9.70. The molecule has 6 amide bonds. The number of carbonyl (C=O) groups excluding carboxylic acids is 12. The average Bonchev–Trinajstić information content (AvgIpc) is 0.802. The quantitative estimate of drug-likeness (QED) is 0.0597. The first-order valence-electron chi connectivity index (χ1n) is 49.8. The Morgan fingerprint density at radius 2 is 0.512 bits per heavy atom. The van der Waals surface area contributed by atoms with Gasteiger partial charge in [-0.1, -0.05) is 241 Å². The summed E-state index contributed by atoms with van der Waals surface area (Å²) < 4.78 is 0. The molecular formula is C105H192N12O12. The van der Waals surface area contributed by atoms with Crippen molar-refractivity contribution in [3.63, 3.8) is 0 Å². The summed E-state index contributed by atoms with van der Waals surface area (Å²) >= 11 is 0. The molecule has 6 rings (SSSR count). The van der Waals surface area contributed by atoms with Gasteiger partial charge in [0.15, 0.2) is 5.78 Å². The number of likely N-dealkylation sites (N-methyl/N-ethyl adjacent to an activating group) is 6. The molecule has 0 bridgehead atoms. The second kappa shape index (κ2) is 58.2. The highest BCUT2D eigenvalue weighted by atomic mass is 16.2. The predicted molar refractivity (Wildman–Crippen MR) is 529 cm³/mol. The molecule has 0 heterocycles. The van der Waals surface area contributed by atoms with Gasteiger partial charge in [0.2, 0.25) is 35.4 Å². The number of hydrogen-bond acceptors (Lipinski definition) is 18. The van der Waals surface area contributed by atoms with Crippen molar-refractivity contribution in [3.05, 3.63) is 35.4 Å². The van der Waals surface area contributed by atoms with Crippen molar-refractivity contribution in [1.29, 1.82) is 0 Å². The minimum Gasteiger partial charge on any atom is -0.345 e. The molecule has 5 saturated carbocycles. The van der Waals surface area contributed by atoms with Gasteiger partial charge in [-0.15, -0.1) is 0 Å². The maximum Gasteiger partial charge on any atom is 0.226 e. The molecule has 0 spiro atoms. The minimum atomic E-state index is -0.448. The monoisotopic (exact) mass is 1810 g/mol. The van der Waals surface area contributed by atoms with E-state index in [-0.39, 0.29) is 163 Å². The molecule has 5 aliphatic carbocycles. The highest BCUT2D eigenvalue weighted by molar-refractivity contribution is 6.02. The zero-order valence-electron chi connectivity index (χ0n) is 88.2. The summed E-state index contributed by atoms with van der Waals surface area (Å²) in [5.41, 5.74) is 10.2. The number of nitrogens with two attached hydrogens (primary N) is 2. The van der Waals surface area contributed by atoms with E-state index in [9.17, 15) is 57.5 Å². The molecule has 1 aromatic carbocycles. The normalized spacial score (nSPS) is 20.9. The third kappa shape index (κ3) is 42.1. The fourth-order valence-corrected chi connectivity index (χ4v) is 18.4. The van der Waals surface area contributed by atoms with Crippen molar-refractivity contribution in [3.8, 4) is 0 Å². The van der Waals surface area contributed by atoms with Crippen LogP contribution in [0.2, 0.25) is 0 Å². The lowest BCUT2D eigenvalue weighted by Crippen LogP contribution is -2.45. The Balaban J connectivity index is 0.000000775. The van der Waals surface area contributed by atoms with Gasteiger partial charge in [0.1, 0.15) is 28.9 Å². The first kappa shape index (κ1) is 121. The number of carbonyl (C=O) groups is 12. The van der Waals surface area contributed by atoms with Crippen LogP contribution in [0.1, 0.15) is 310 Å². The van der Waals surface area contributed by atoms with Crippen LogP contribution in [0.4, 0.5) is 0 Å². The van der Waals surface area contributed by atoms with E-state index in [1.165, 1.54) is 0 Å². The zero-order valence-corrected chi connectivity index (χ0v) is 88.2. The topological polar surface area (TPSA) is 289 Å². The van der Waals surface area contributed by atoms with E-state index >= 15 is 0 Å². The van der Waals surface area contributed by atoms with Crippen LogP contribution < -0.4 is 11.5 Å². The molecule has 10 atom stereocenters. The van der Waals surface area contributed by atoms with Crippen LogP contribution >= 0.6 is 0 Å². The molecule has 5 fully saturated rings. The maximum atomic E-state index is 12.9. The van der Waals surface area contributed by atoms with Crippen molar-refractivity contribution in [2.24, 2.45) is 103 Å². The number of amides is 6. The Kier molecular flexibility index (Phi) is 54.5. The van der Waals surface area contributed by atoms with Crippen LogP contribution in [0.5, 0.6) is 0 Å². The van der Waals surface area contributed by atoms with Gasteiger partial charge >= 0.3 is 0 Å². The summed E-state index contributed by atoms with van der Waals surface area (Å²) in [5.74, 6) is 0.945. The van der Waals surface area contributed by atoms with Gasteiger partial charge in [-0.05, 0) is 150 Å². The standard InChI is InChI=1S/C20H38N2O2.C19H36N2O2.C18H34N2O2.C18H28N2O2.2C15H28N2O2/c1-7-22(8-2)15-11-14-21(6)19(24)17-13-10-9-12-16(17)18(23)20(3,4)5;1-7-21(8-2)14-13-20(6)18(23)16-12-10-9-11-15(16)17(22)19(3,4)5;1-18(2,3)16(21)14-10-7-8-11-15(14)17(22)20(6)13-9-12-19(4)5;1-18(2,3)17(22)15-10-8-7-9-14(15)13-16(21)20(6)12-11-19(4)5;2*1-15(2,3)13(18)11-7-5-6-8-12(11)14(19)17(4)10-9-16/h16-17H,7-15H2,1-6H3;15-16H,7-14H2,1-6H3;14-15H,7-13H2,1-6H3;7-10H,11-13H2,1-6H3;2*11-12H,5-10,16H2,1-4H3/t16-,17+;15-,16+;14-,15+;;2*11-,12+/m010.10/s1. The molecule has 0 aromatic heterocycles. The van der Waals surface area contributed by atoms with E-state index in [1.807, 2.05) is 218 Å². The molecule has 129 heavy (non-hydrogen) atoms. The second-order valence-electron chi connectivity index (χ2n) is 44.5. The highest BCUT2D eigenvalue weighted by Gasteiger charge is 2.46. The molecular weight excluding hydrogens is 1620 g/mol. The third-order valence-electron chi connectivity index (χ3n) is 26.8. The number of hydrogen-bond donors (Lipinski definition) is 2. The molecule has 4 N–H and O–H groups in total. The Labute approximate surface area is 786 Å². The van der Waals surface area contributed by atoms with Gasteiger partial charge in [0, 0.05) is 205 Å². The number of benzene rings is 1. The molecule has 24 nitrogen and oxygen atoms in total. The van der Waals surface area contributed by atoms with Crippen LogP contribution in [0.15, 0.2) is 24.3 Å². The number of rotatable bonds is 35. The third-order valence-corrected chi connectivity index (χ3v) is 26.8. The van der Waals surface area contributed by atoms with Gasteiger partial charge in [0.25, 0.3) is 0 Å². The fraction of sp³-hybridized carbons (Fsp3) is 0.829. The molecule has 24 heteroatoms. The second-order valence-corrected chi connectivity index (χ2v) is 44.5. The number of nitrogens with zero attached hydrogens (tertiary/aromatic N) is 10. The Morgan fingerprint density at radius 1 is 0.279 bits per heavy atom. The fourth-order valence-electron chi connectivity index (χ4n) is 18.4. The van der Waals surface area contributed by atoms with E-state index in [4.69, 9.17) is 11.5 Å². The minimum absolute atomic E-state index is 0.0380. The summed E-state index contributed by atoms with van der Waals surface area (Å²) in [4.78, 5) is 171. The van der Waals surface area contributed by atoms with Gasteiger partial charge in [0.05, 0.1) is 6.42 Å². The number of Topliss-reactive ketones (excluding diaryl/α,β-unsaturated/α-hetero) is 6. The Morgan fingerprint density at radius 3 is 0.760 bits per heavy atom. The van der Waals surface area contributed by atoms with Crippen molar-refractivity contribution in [2.45, 2.75) is 300 Å². The van der Waals surface area contributed by atoms with Crippen LogP contribution in [0, 0.1) is 91.7 Å². The smallest absolute Gasteiger partial charge is 0.226 e. The molecule has 0 radical (unpaired) electrons. The number of ketones is 6. The summed E-state index contributed by atoms with van der Waals surface area (Å²) in [6.07, 6.45) is 21.4. The van der Waals surface area contributed by atoms with E-state index in [2.05, 4.69) is 42.4 Å². The Hall–Kier alpha value is -6.18. The van der Waals surface area contributed by atoms with E-state index in [1.54, 1.807) is 35.8 Å². The predicted octanol–water partition coefficient (Wildman–Crippen LogP) is 15.8. The van der Waals surface area contributed by atoms with Gasteiger partial charge in [-0.25, -0.2) is 0 Å². The molecule has 0 aliphatic heterocycles. The zero-order chi connectivity index (χ0) is 99.0. The van der Waals surface area contributed by atoms with Crippen LogP contribution in [-0.2, 0) is 59.2 Å². The highest BCUT2D eigenvalue weighted by Crippen LogP contribution is 2.42. The molecule has 5 aliphatic rings. The summed E-state index contributed by atoms with van der Waals surface area (Å²) in [5, 5.41) is 0. The molecule has 744 valence electrons. The van der Waals surface area contributed by atoms with E-state index in [0.717, 1.165) is 219 Å². The summed E-state index contributed by atoms with van der Waals surface area (Å²) in [7, 11) is 19.1. The van der Waals surface area contributed by atoms with E-state index < -0.39 is 5.41 Å².